The molecular formula is C24H24ClN3O2S. The molecule has 0 unspecified atom stereocenters. The maximum absolute atomic E-state index is 12.5. The van der Waals surface area contributed by atoms with Gasteiger partial charge < -0.3 is 10.6 Å². The summed E-state index contributed by atoms with van der Waals surface area (Å²) < 4.78 is 0. The van der Waals surface area contributed by atoms with E-state index in [9.17, 15) is 9.59 Å². The van der Waals surface area contributed by atoms with Gasteiger partial charge in [0, 0.05) is 35.2 Å². The van der Waals surface area contributed by atoms with Gasteiger partial charge in [-0.25, -0.2) is 0 Å². The topological polar surface area (TPSA) is 61.4 Å². The molecule has 4 rings (SSSR count). The number of amides is 2. The van der Waals surface area contributed by atoms with Gasteiger partial charge in [0.05, 0.1) is 6.04 Å². The first-order valence-electron chi connectivity index (χ1n) is 10.2. The van der Waals surface area contributed by atoms with Gasteiger partial charge in [-0.2, -0.15) is 0 Å². The molecule has 0 spiro atoms. The van der Waals surface area contributed by atoms with Crippen LogP contribution in [-0.2, 0) is 22.6 Å². The van der Waals surface area contributed by atoms with Crippen LogP contribution in [0.1, 0.15) is 27.6 Å². The number of nitrogens with one attached hydrogen (secondary N) is 2. The zero-order valence-corrected chi connectivity index (χ0v) is 18.8. The number of thiophene rings is 1. The van der Waals surface area contributed by atoms with E-state index in [0.717, 1.165) is 25.1 Å². The molecule has 160 valence electrons. The fourth-order valence-electron chi connectivity index (χ4n) is 3.87. The highest BCUT2D eigenvalue weighted by molar-refractivity contribution is 7.10. The zero-order valence-electron chi connectivity index (χ0n) is 17.2. The van der Waals surface area contributed by atoms with Crippen LogP contribution in [-0.4, -0.2) is 29.8 Å². The first-order valence-corrected chi connectivity index (χ1v) is 11.5. The maximum Gasteiger partial charge on any atom is 0.313 e. The Balaban J connectivity index is 1.43. The molecule has 0 bridgehead atoms. The number of fused-ring (bicyclic) bond motifs is 1. The lowest BCUT2D eigenvalue weighted by atomic mass is 9.98. The molecule has 5 nitrogen and oxygen atoms in total. The van der Waals surface area contributed by atoms with Gasteiger partial charge in [-0.3, -0.25) is 14.5 Å². The quantitative estimate of drug-likeness (QED) is 0.556. The predicted octanol–water partition coefficient (Wildman–Crippen LogP) is 4.56. The number of benzene rings is 2. The minimum absolute atomic E-state index is 0.0120. The Morgan fingerprint density at radius 2 is 1.87 bits per heavy atom. The number of nitrogens with zero attached hydrogens (tertiary/aromatic N) is 1. The van der Waals surface area contributed by atoms with Crippen LogP contribution in [0.4, 0.5) is 5.69 Å². The van der Waals surface area contributed by atoms with Gasteiger partial charge >= 0.3 is 11.8 Å². The fourth-order valence-corrected chi connectivity index (χ4v) is 4.90. The van der Waals surface area contributed by atoms with Crippen LogP contribution < -0.4 is 10.6 Å². The Kier molecular flexibility index (Phi) is 6.70. The van der Waals surface area contributed by atoms with Crippen molar-refractivity contribution in [3.8, 4) is 0 Å². The molecule has 7 heteroatoms. The Morgan fingerprint density at radius 1 is 1.06 bits per heavy atom. The fraction of sp³-hybridized carbons (Fsp3) is 0.250. The molecule has 1 atom stereocenters. The lowest BCUT2D eigenvalue weighted by Gasteiger charge is -2.35. The van der Waals surface area contributed by atoms with Crippen molar-refractivity contribution >= 4 is 40.4 Å². The van der Waals surface area contributed by atoms with Crippen LogP contribution in [0.5, 0.6) is 0 Å². The minimum atomic E-state index is -0.695. The summed E-state index contributed by atoms with van der Waals surface area (Å²) in [6, 6.07) is 17.8. The molecule has 2 aromatic carbocycles. The zero-order chi connectivity index (χ0) is 21.8. The van der Waals surface area contributed by atoms with E-state index in [-0.39, 0.29) is 6.04 Å². The monoisotopic (exact) mass is 453 g/mol. The molecule has 0 saturated heterocycles. The molecule has 2 N–H and O–H groups in total. The van der Waals surface area contributed by atoms with Gasteiger partial charge in [0.2, 0.25) is 0 Å². The molecule has 0 fully saturated rings. The molecule has 1 aliphatic rings. The Labute approximate surface area is 191 Å². The van der Waals surface area contributed by atoms with Gasteiger partial charge in [0.1, 0.15) is 0 Å². The van der Waals surface area contributed by atoms with Gasteiger partial charge in [0.15, 0.2) is 0 Å². The Morgan fingerprint density at radius 3 is 2.65 bits per heavy atom. The van der Waals surface area contributed by atoms with Gasteiger partial charge in [-0.1, -0.05) is 48.0 Å². The van der Waals surface area contributed by atoms with E-state index in [2.05, 4.69) is 45.9 Å². The summed E-state index contributed by atoms with van der Waals surface area (Å²) in [6.07, 6.45) is 0.973. The van der Waals surface area contributed by atoms with E-state index in [1.165, 1.54) is 16.0 Å². The number of halogens is 1. The summed E-state index contributed by atoms with van der Waals surface area (Å²) in [7, 11) is 0. The third kappa shape index (κ3) is 4.98. The second-order valence-electron chi connectivity index (χ2n) is 7.60. The van der Waals surface area contributed by atoms with E-state index in [1.807, 2.05) is 11.4 Å². The normalized spacial score (nSPS) is 14.5. The molecule has 0 aliphatic carbocycles. The number of anilines is 1. The van der Waals surface area contributed by atoms with E-state index < -0.39 is 11.8 Å². The largest absolute Gasteiger partial charge is 0.346 e. The molecule has 0 saturated carbocycles. The molecule has 31 heavy (non-hydrogen) atoms. The standard InChI is InChI=1S/C24H24ClN3O2S/c1-16-19(25)8-4-9-20(16)27-24(30)23(29)26-14-21(22-10-5-13-31-22)28-12-11-17-6-2-3-7-18(17)15-28/h2-10,13,21H,11-12,14-15H2,1H3,(H,26,29)(H,27,30)/t21-/m1/s1. The molecule has 0 radical (unpaired) electrons. The van der Waals surface area contributed by atoms with Crippen molar-refractivity contribution in [1.29, 1.82) is 0 Å². The van der Waals surface area contributed by atoms with Gasteiger partial charge in [-0.15, -0.1) is 11.3 Å². The first kappa shape index (κ1) is 21.6. The molecule has 2 amide bonds. The van der Waals surface area contributed by atoms with Crippen LogP contribution in [0, 0.1) is 6.92 Å². The van der Waals surface area contributed by atoms with Gasteiger partial charge in [0.25, 0.3) is 0 Å². The summed E-state index contributed by atoms with van der Waals surface area (Å²) in [6.45, 7) is 3.90. The second-order valence-corrected chi connectivity index (χ2v) is 8.98. The van der Waals surface area contributed by atoms with Gasteiger partial charge in [-0.05, 0) is 53.6 Å². The first-order chi connectivity index (χ1) is 15.0. The SMILES string of the molecule is Cc1c(Cl)cccc1NC(=O)C(=O)NC[C@H](c1cccs1)N1CCc2ccccc2C1. The predicted molar refractivity (Wildman–Crippen MR) is 125 cm³/mol. The van der Waals surface area contributed by atoms with Crippen LogP contribution >= 0.6 is 22.9 Å². The number of rotatable bonds is 5. The Bertz CT molecular complexity index is 1080. The molecular weight excluding hydrogens is 430 g/mol. The van der Waals surface area contributed by atoms with Crippen LogP contribution in [0.25, 0.3) is 0 Å². The number of carbonyl (C=O) groups is 2. The smallest absolute Gasteiger partial charge is 0.313 e. The summed E-state index contributed by atoms with van der Waals surface area (Å²) in [5.41, 5.74) is 3.96. The van der Waals surface area contributed by atoms with Crippen molar-refractivity contribution in [2.24, 2.45) is 0 Å². The maximum atomic E-state index is 12.5. The third-order valence-electron chi connectivity index (χ3n) is 5.65. The summed E-state index contributed by atoms with van der Waals surface area (Å²) >= 11 is 7.77. The number of carbonyl (C=O) groups excluding carboxylic acids is 2. The van der Waals surface area contributed by atoms with Crippen molar-refractivity contribution in [2.45, 2.75) is 25.9 Å². The van der Waals surface area contributed by atoms with E-state index >= 15 is 0 Å². The molecule has 1 aliphatic heterocycles. The van der Waals surface area contributed by atoms with Crippen molar-refractivity contribution in [3.63, 3.8) is 0 Å². The lowest BCUT2D eigenvalue weighted by molar-refractivity contribution is -0.136. The number of hydrogen-bond donors (Lipinski definition) is 2. The average molecular weight is 454 g/mol. The highest BCUT2D eigenvalue weighted by Gasteiger charge is 2.27. The van der Waals surface area contributed by atoms with Crippen LogP contribution in [0.2, 0.25) is 5.02 Å². The van der Waals surface area contributed by atoms with Crippen molar-refractivity contribution in [1.82, 2.24) is 10.2 Å². The van der Waals surface area contributed by atoms with E-state index in [1.54, 1.807) is 36.5 Å². The van der Waals surface area contributed by atoms with E-state index in [0.29, 0.717) is 17.3 Å². The number of hydrogen-bond acceptors (Lipinski definition) is 4. The highest BCUT2D eigenvalue weighted by Crippen LogP contribution is 2.30. The summed E-state index contributed by atoms with van der Waals surface area (Å²) in [5, 5.41) is 8.06. The average Bonchev–Trinajstić information content (AvgIpc) is 3.31. The highest BCUT2D eigenvalue weighted by atomic mass is 35.5. The Hall–Kier alpha value is -2.67. The minimum Gasteiger partial charge on any atom is -0.346 e. The third-order valence-corrected chi connectivity index (χ3v) is 7.03. The molecule has 3 aromatic rings. The second kappa shape index (κ2) is 9.64. The lowest BCUT2D eigenvalue weighted by Crippen LogP contribution is -2.43. The van der Waals surface area contributed by atoms with Crippen molar-refractivity contribution in [2.75, 3.05) is 18.4 Å². The summed E-state index contributed by atoms with van der Waals surface area (Å²) in [4.78, 5) is 28.5. The van der Waals surface area contributed by atoms with Crippen molar-refractivity contribution in [3.05, 3.63) is 86.6 Å². The van der Waals surface area contributed by atoms with E-state index in [4.69, 9.17) is 11.6 Å². The van der Waals surface area contributed by atoms with Crippen LogP contribution in [0.15, 0.2) is 60.0 Å². The molecule has 1 aromatic heterocycles. The molecule has 2 heterocycles. The summed E-state index contributed by atoms with van der Waals surface area (Å²) in [5.74, 6) is -1.35. The van der Waals surface area contributed by atoms with Crippen LogP contribution in [0.3, 0.4) is 0 Å². The van der Waals surface area contributed by atoms with Crippen molar-refractivity contribution < 1.29 is 9.59 Å².